The van der Waals surface area contributed by atoms with Gasteiger partial charge in [0.1, 0.15) is 0 Å². The van der Waals surface area contributed by atoms with Crippen LogP contribution in [0.5, 0.6) is 0 Å². The molecule has 0 aliphatic heterocycles. The molecule has 72 valence electrons. The third-order valence-corrected chi connectivity index (χ3v) is 1.38. The molecular weight excluding hydrogens is 174 g/mol. The molecule has 0 aliphatic rings. The second kappa shape index (κ2) is 3.87. The van der Waals surface area contributed by atoms with Crippen molar-refractivity contribution in [2.45, 2.75) is 0 Å². The van der Waals surface area contributed by atoms with Gasteiger partial charge in [0, 0.05) is 6.07 Å². The first-order chi connectivity index (χ1) is 6.13. The molecule has 7 heteroatoms. The van der Waals surface area contributed by atoms with Crippen molar-refractivity contribution < 1.29 is 5.11 Å². The number of aliphatic hydroxyl groups is 1. The van der Waals surface area contributed by atoms with Crippen LogP contribution in [0.15, 0.2) is 10.9 Å². The van der Waals surface area contributed by atoms with Crippen LogP contribution in [0.25, 0.3) is 0 Å². The van der Waals surface area contributed by atoms with Gasteiger partial charge in [0.05, 0.1) is 13.2 Å². The van der Waals surface area contributed by atoms with E-state index in [9.17, 15) is 4.79 Å². The number of rotatable bonds is 3. The van der Waals surface area contributed by atoms with Crippen molar-refractivity contribution in [2.75, 3.05) is 23.9 Å². The predicted octanol–water partition coefficient (Wildman–Crippen LogP) is -1.98. The maximum absolute atomic E-state index is 10.9. The lowest BCUT2D eigenvalue weighted by atomic mass is 10.5. The fraction of sp³-hybridized carbons (Fsp3) is 0.333. The largest absolute Gasteiger partial charge is 0.394 e. The highest BCUT2D eigenvalue weighted by molar-refractivity contribution is 5.38. The predicted molar refractivity (Wildman–Crippen MR) is 47.9 cm³/mol. The van der Waals surface area contributed by atoms with Crippen molar-refractivity contribution in [1.29, 1.82) is 0 Å². The van der Waals surface area contributed by atoms with Crippen LogP contribution in [-0.4, -0.2) is 28.2 Å². The maximum Gasteiger partial charge on any atom is 0.254 e. The molecule has 7 nitrogen and oxygen atoms in total. The quantitative estimate of drug-likeness (QED) is 0.320. The Morgan fingerprint density at radius 1 is 1.69 bits per heavy atom. The molecule has 0 spiro atoms. The summed E-state index contributed by atoms with van der Waals surface area (Å²) in [5.41, 5.74) is 4.90. The molecule has 0 radical (unpaired) electrons. The van der Waals surface area contributed by atoms with Gasteiger partial charge in [-0.15, -0.1) is 0 Å². The first-order valence-corrected chi connectivity index (χ1v) is 3.63. The van der Waals surface area contributed by atoms with E-state index in [1.807, 2.05) is 0 Å². The monoisotopic (exact) mass is 185 g/mol. The molecule has 13 heavy (non-hydrogen) atoms. The minimum absolute atomic E-state index is 0.00381. The van der Waals surface area contributed by atoms with Gasteiger partial charge in [0.15, 0.2) is 5.82 Å². The fourth-order valence-electron chi connectivity index (χ4n) is 0.833. The lowest BCUT2D eigenvalue weighted by Gasteiger charge is -2.15. The number of nitrogens with zero attached hydrogens (tertiary/aromatic N) is 2. The van der Waals surface area contributed by atoms with E-state index >= 15 is 0 Å². The number of aromatic amines is 1. The number of nitrogens with one attached hydrogen (secondary N) is 1. The molecule has 1 aromatic rings. The standard InChI is InChI=1S/C6H11N5O2/c7-6-9-4(3-5(13)10-6)11(8)1-2-12/h3,12H,1-2,8H2,(H3,7,9,10,13). The zero-order valence-electron chi connectivity index (χ0n) is 6.90. The Labute approximate surface area is 74.0 Å². The highest BCUT2D eigenvalue weighted by Gasteiger charge is 2.03. The first-order valence-electron chi connectivity index (χ1n) is 3.63. The molecule has 0 aromatic carbocycles. The number of aliphatic hydroxyl groups excluding tert-OH is 1. The Morgan fingerprint density at radius 3 is 2.92 bits per heavy atom. The molecule has 1 heterocycles. The van der Waals surface area contributed by atoms with Gasteiger partial charge in [-0.3, -0.25) is 14.8 Å². The van der Waals surface area contributed by atoms with Gasteiger partial charge in [0.2, 0.25) is 5.95 Å². The molecule has 0 bridgehead atoms. The summed E-state index contributed by atoms with van der Waals surface area (Å²) in [6.07, 6.45) is 0. The minimum Gasteiger partial charge on any atom is -0.394 e. The maximum atomic E-state index is 10.9. The van der Waals surface area contributed by atoms with Gasteiger partial charge >= 0.3 is 0 Å². The Kier molecular flexibility index (Phi) is 2.83. The van der Waals surface area contributed by atoms with Crippen LogP contribution in [0.1, 0.15) is 0 Å². The zero-order chi connectivity index (χ0) is 9.84. The van der Waals surface area contributed by atoms with E-state index in [1.165, 1.54) is 6.07 Å². The average molecular weight is 185 g/mol. The van der Waals surface area contributed by atoms with Gasteiger partial charge in [-0.05, 0) is 0 Å². The van der Waals surface area contributed by atoms with Crippen molar-refractivity contribution in [3.8, 4) is 0 Å². The molecule has 0 aliphatic carbocycles. The van der Waals surface area contributed by atoms with Crippen molar-refractivity contribution in [2.24, 2.45) is 5.84 Å². The van der Waals surface area contributed by atoms with Crippen LogP contribution in [0.4, 0.5) is 11.8 Å². The number of hydrazine groups is 1. The van der Waals surface area contributed by atoms with E-state index in [4.69, 9.17) is 16.7 Å². The Balaban J connectivity index is 2.94. The van der Waals surface area contributed by atoms with Crippen LogP contribution < -0.4 is 22.1 Å². The molecule has 0 unspecified atom stereocenters. The Bertz CT molecular complexity index is 336. The summed E-state index contributed by atoms with van der Waals surface area (Å²) in [5, 5.41) is 9.71. The van der Waals surface area contributed by atoms with E-state index in [1.54, 1.807) is 0 Å². The summed E-state index contributed by atoms with van der Waals surface area (Å²) in [6, 6.07) is 1.20. The molecule has 0 saturated heterocycles. The number of hydrogen-bond donors (Lipinski definition) is 4. The number of H-pyrrole nitrogens is 1. The summed E-state index contributed by atoms with van der Waals surface area (Å²) >= 11 is 0. The van der Waals surface area contributed by atoms with Crippen LogP contribution >= 0.6 is 0 Å². The minimum atomic E-state index is -0.379. The van der Waals surface area contributed by atoms with Crippen molar-refractivity contribution in [3.63, 3.8) is 0 Å². The van der Waals surface area contributed by atoms with Crippen LogP contribution in [-0.2, 0) is 0 Å². The van der Waals surface area contributed by atoms with Gasteiger partial charge in [-0.25, -0.2) is 5.84 Å². The summed E-state index contributed by atoms with van der Waals surface area (Å²) < 4.78 is 0. The summed E-state index contributed by atoms with van der Waals surface area (Å²) in [5.74, 6) is 5.67. The molecule has 6 N–H and O–H groups in total. The number of nitrogen functional groups attached to an aromatic ring is 1. The van der Waals surface area contributed by atoms with Crippen molar-refractivity contribution >= 4 is 11.8 Å². The summed E-state index contributed by atoms with van der Waals surface area (Å²) in [6.45, 7) is 0.0702. The molecule has 1 rings (SSSR count). The normalized spacial score (nSPS) is 10.0. The number of anilines is 2. The highest BCUT2D eigenvalue weighted by Crippen LogP contribution is 2.02. The van der Waals surface area contributed by atoms with Crippen LogP contribution in [0.2, 0.25) is 0 Å². The molecule has 0 amide bonds. The van der Waals surface area contributed by atoms with Gasteiger partial charge in [-0.2, -0.15) is 4.98 Å². The topological polar surface area (TPSA) is 121 Å². The third-order valence-electron chi connectivity index (χ3n) is 1.38. The second-order valence-corrected chi connectivity index (χ2v) is 2.41. The second-order valence-electron chi connectivity index (χ2n) is 2.41. The van der Waals surface area contributed by atoms with E-state index in [-0.39, 0.29) is 30.5 Å². The highest BCUT2D eigenvalue weighted by atomic mass is 16.3. The average Bonchev–Trinajstić information content (AvgIpc) is 2.03. The van der Waals surface area contributed by atoms with Gasteiger partial charge in [-0.1, -0.05) is 0 Å². The van der Waals surface area contributed by atoms with Crippen molar-refractivity contribution in [1.82, 2.24) is 9.97 Å². The fourth-order valence-corrected chi connectivity index (χ4v) is 0.833. The van der Waals surface area contributed by atoms with E-state index in [0.717, 1.165) is 5.01 Å². The summed E-state index contributed by atoms with van der Waals surface area (Å²) in [4.78, 5) is 16.9. The number of hydrogen-bond acceptors (Lipinski definition) is 6. The van der Waals surface area contributed by atoms with Crippen molar-refractivity contribution in [3.05, 3.63) is 16.4 Å². The molecular formula is C6H11N5O2. The SMILES string of the molecule is Nc1nc(N(N)CCO)cc(=O)[nH]1. The Hall–Kier alpha value is -1.60. The zero-order valence-corrected chi connectivity index (χ0v) is 6.90. The van der Waals surface area contributed by atoms with Crippen LogP contribution in [0, 0.1) is 0 Å². The van der Waals surface area contributed by atoms with Gasteiger partial charge < -0.3 is 10.8 Å². The third kappa shape index (κ3) is 2.42. The first kappa shape index (κ1) is 9.49. The summed E-state index contributed by atoms with van der Waals surface area (Å²) in [7, 11) is 0. The van der Waals surface area contributed by atoms with Crippen LogP contribution in [0.3, 0.4) is 0 Å². The Morgan fingerprint density at radius 2 is 2.38 bits per heavy atom. The van der Waals surface area contributed by atoms with E-state index in [2.05, 4.69) is 9.97 Å². The molecule has 1 aromatic heterocycles. The molecule has 0 fully saturated rings. The smallest absolute Gasteiger partial charge is 0.254 e. The van der Waals surface area contributed by atoms with E-state index in [0.29, 0.717) is 0 Å². The number of aromatic nitrogens is 2. The number of nitrogens with two attached hydrogens (primary N) is 2. The van der Waals surface area contributed by atoms with E-state index < -0.39 is 0 Å². The molecule has 0 atom stereocenters. The lowest BCUT2D eigenvalue weighted by Crippen LogP contribution is -2.35. The lowest BCUT2D eigenvalue weighted by molar-refractivity contribution is 0.302. The molecule has 0 saturated carbocycles. The van der Waals surface area contributed by atoms with Gasteiger partial charge in [0.25, 0.3) is 5.56 Å².